The van der Waals surface area contributed by atoms with Gasteiger partial charge in [0.25, 0.3) is 0 Å². The normalized spacial score (nSPS) is 12.2. The van der Waals surface area contributed by atoms with Crippen LogP contribution in [0.15, 0.2) is 44.0 Å². The quantitative estimate of drug-likeness (QED) is 0.565. The van der Waals surface area contributed by atoms with E-state index in [9.17, 15) is 0 Å². The van der Waals surface area contributed by atoms with Crippen molar-refractivity contribution in [1.29, 1.82) is 0 Å². The van der Waals surface area contributed by atoms with Gasteiger partial charge in [0, 0.05) is 16.8 Å². The molecule has 20 heavy (non-hydrogen) atoms. The predicted octanol–water partition coefficient (Wildman–Crippen LogP) is 5.89. The van der Waals surface area contributed by atoms with Crippen LogP contribution in [0.5, 0.6) is 0 Å². The van der Waals surface area contributed by atoms with Crippen molar-refractivity contribution in [3.63, 3.8) is 0 Å². The molecule has 1 heterocycles. The Morgan fingerprint density at radius 1 is 0.850 bits per heavy atom. The molecule has 1 aromatic rings. The minimum Gasteiger partial charge on any atom is -0.310 e. The summed E-state index contributed by atoms with van der Waals surface area (Å²) in [7, 11) is 0. The van der Waals surface area contributed by atoms with Crippen molar-refractivity contribution in [2.24, 2.45) is 0 Å². The molecule has 0 unspecified atom stereocenters. The summed E-state index contributed by atoms with van der Waals surface area (Å²) in [4.78, 5) is 0. The van der Waals surface area contributed by atoms with Gasteiger partial charge in [0.05, 0.1) is 11.4 Å². The Morgan fingerprint density at radius 3 is 1.85 bits per heavy atom. The molecular weight excluding hydrogens is 242 g/mol. The monoisotopic (exact) mass is 265 g/mol. The molecule has 1 heteroatoms. The van der Waals surface area contributed by atoms with Gasteiger partial charge in [-0.1, -0.05) is 50.1 Å². The molecule has 0 bridgehead atoms. The first-order valence-corrected chi connectivity index (χ1v) is 6.78. The number of aromatic nitrogens is 1. The summed E-state index contributed by atoms with van der Waals surface area (Å²) in [6, 6.07) is 0. The number of rotatable bonds is 6. The van der Waals surface area contributed by atoms with Gasteiger partial charge in [-0.3, -0.25) is 0 Å². The molecule has 0 aliphatic heterocycles. The van der Waals surface area contributed by atoms with Gasteiger partial charge >= 0.3 is 0 Å². The first kappa shape index (κ1) is 15.8. The summed E-state index contributed by atoms with van der Waals surface area (Å²) in [5.41, 5.74) is 5.38. The molecule has 0 aromatic carbocycles. The van der Waals surface area contributed by atoms with E-state index in [0.717, 1.165) is 28.2 Å². The Hall–Kier alpha value is -2.28. The molecule has 104 valence electrons. The summed E-state index contributed by atoms with van der Waals surface area (Å²) in [6.07, 6.45) is 15.9. The van der Waals surface area contributed by atoms with Crippen LogP contribution in [0, 0.1) is 0 Å². The van der Waals surface area contributed by atoms with Gasteiger partial charge in [-0.2, -0.15) is 0 Å². The van der Waals surface area contributed by atoms with Gasteiger partial charge in [-0.05, 0) is 39.0 Å². The van der Waals surface area contributed by atoms with E-state index in [1.54, 1.807) is 0 Å². The fourth-order valence-electron chi connectivity index (χ4n) is 2.35. The maximum absolute atomic E-state index is 3.95. The molecule has 0 fully saturated rings. The molecule has 0 radical (unpaired) electrons. The Kier molecular flexibility index (Phi) is 5.79. The van der Waals surface area contributed by atoms with Crippen LogP contribution in [-0.2, 0) is 0 Å². The number of hydrogen-bond donors (Lipinski definition) is 0. The van der Waals surface area contributed by atoms with E-state index < -0.39 is 0 Å². The van der Waals surface area contributed by atoms with Gasteiger partial charge in [0.1, 0.15) is 0 Å². The Balaban J connectivity index is 3.88. The van der Waals surface area contributed by atoms with Crippen LogP contribution in [0.3, 0.4) is 0 Å². The molecule has 1 aromatic heterocycles. The standard InChI is InChI=1S/C19H23N/c1-7-13-15(9-3)20-18(12-6)16(10-4)17(11-5)19(20)14-8-2/h7-14H,4-6H2,1-3H3/b13-7-,14-8-,15-9+. The summed E-state index contributed by atoms with van der Waals surface area (Å²) >= 11 is 0. The van der Waals surface area contributed by atoms with Gasteiger partial charge < -0.3 is 4.57 Å². The zero-order chi connectivity index (χ0) is 15.1. The van der Waals surface area contributed by atoms with Crippen molar-refractivity contribution in [2.75, 3.05) is 0 Å². The van der Waals surface area contributed by atoms with E-state index in [1.165, 1.54) is 0 Å². The lowest BCUT2D eigenvalue weighted by Gasteiger charge is -2.11. The third-order valence-corrected chi connectivity index (χ3v) is 3.14. The molecule has 0 aliphatic rings. The van der Waals surface area contributed by atoms with E-state index in [2.05, 4.69) is 42.5 Å². The number of nitrogens with zero attached hydrogens (tertiary/aromatic N) is 1. The summed E-state index contributed by atoms with van der Waals surface area (Å²) in [6.45, 7) is 17.9. The molecular formula is C19H23N. The van der Waals surface area contributed by atoms with Crippen LogP contribution in [0.4, 0.5) is 0 Å². The second-order valence-electron chi connectivity index (χ2n) is 4.26. The maximum Gasteiger partial charge on any atom is 0.0537 e. The molecule has 0 saturated carbocycles. The van der Waals surface area contributed by atoms with E-state index >= 15 is 0 Å². The average Bonchev–Trinajstić information content (AvgIpc) is 2.77. The molecule has 0 spiro atoms. The van der Waals surface area contributed by atoms with Gasteiger partial charge in [-0.15, -0.1) is 0 Å². The summed E-state index contributed by atoms with van der Waals surface area (Å²) in [5.74, 6) is 0. The summed E-state index contributed by atoms with van der Waals surface area (Å²) < 4.78 is 2.18. The van der Waals surface area contributed by atoms with Crippen molar-refractivity contribution in [1.82, 2.24) is 4.57 Å². The lowest BCUT2D eigenvalue weighted by Crippen LogP contribution is -2.00. The highest BCUT2D eigenvalue weighted by atomic mass is 15.0. The van der Waals surface area contributed by atoms with Crippen LogP contribution in [0.1, 0.15) is 43.3 Å². The molecule has 0 saturated heterocycles. The first-order chi connectivity index (χ1) is 9.69. The zero-order valence-corrected chi connectivity index (χ0v) is 12.7. The van der Waals surface area contributed by atoms with Crippen molar-refractivity contribution < 1.29 is 0 Å². The van der Waals surface area contributed by atoms with E-state index in [0.29, 0.717) is 0 Å². The number of allylic oxidation sites excluding steroid dienone is 5. The molecule has 0 amide bonds. The fraction of sp³-hybridized carbons (Fsp3) is 0.158. The minimum absolute atomic E-state index is 1.04. The van der Waals surface area contributed by atoms with Gasteiger partial charge in [0.15, 0.2) is 0 Å². The van der Waals surface area contributed by atoms with E-state index in [4.69, 9.17) is 0 Å². The van der Waals surface area contributed by atoms with Crippen molar-refractivity contribution in [3.8, 4) is 0 Å². The highest BCUT2D eigenvalue weighted by molar-refractivity contribution is 5.82. The van der Waals surface area contributed by atoms with Crippen molar-refractivity contribution >= 4 is 30.0 Å². The minimum atomic E-state index is 1.04. The average molecular weight is 265 g/mol. The lowest BCUT2D eigenvalue weighted by molar-refractivity contribution is 1.08. The Labute approximate surface area is 122 Å². The Bertz CT molecular complexity index is 604. The Morgan fingerprint density at radius 2 is 1.45 bits per heavy atom. The molecule has 1 rings (SSSR count). The maximum atomic E-state index is 3.95. The SMILES string of the molecule is C=Cc1c(C=C)c(/C=C\C)n(C(/C=C\C)=C/C)c1C=C. The third kappa shape index (κ3) is 2.67. The number of hydrogen-bond acceptors (Lipinski definition) is 0. The highest BCUT2D eigenvalue weighted by Gasteiger charge is 2.16. The van der Waals surface area contributed by atoms with E-state index in [1.807, 2.05) is 51.2 Å². The second kappa shape index (κ2) is 7.34. The van der Waals surface area contributed by atoms with Crippen molar-refractivity contribution in [2.45, 2.75) is 20.8 Å². The highest BCUT2D eigenvalue weighted by Crippen LogP contribution is 2.31. The van der Waals surface area contributed by atoms with Crippen LogP contribution < -0.4 is 0 Å². The molecule has 1 nitrogen and oxygen atoms in total. The van der Waals surface area contributed by atoms with Crippen LogP contribution in [0.2, 0.25) is 0 Å². The summed E-state index contributed by atoms with van der Waals surface area (Å²) in [5, 5.41) is 0. The van der Waals surface area contributed by atoms with Crippen LogP contribution in [0.25, 0.3) is 30.0 Å². The lowest BCUT2D eigenvalue weighted by atomic mass is 10.1. The van der Waals surface area contributed by atoms with Crippen LogP contribution >= 0.6 is 0 Å². The zero-order valence-electron chi connectivity index (χ0n) is 12.7. The fourth-order valence-corrected chi connectivity index (χ4v) is 2.35. The topological polar surface area (TPSA) is 4.93 Å². The van der Waals surface area contributed by atoms with Crippen molar-refractivity contribution in [3.05, 3.63) is 66.6 Å². The smallest absolute Gasteiger partial charge is 0.0537 e. The van der Waals surface area contributed by atoms with Crippen LogP contribution in [-0.4, -0.2) is 4.57 Å². The predicted molar refractivity (Wildman–Crippen MR) is 94.2 cm³/mol. The van der Waals surface area contributed by atoms with E-state index in [-0.39, 0.29) is 0 Å². The second-order valence-corrected chi connectivity index (χ2v) is 4.26. The first-order valence-electron chi connectivity index (χ1n) is 6.78. The van der Waals surface area contributed by atoms with Gasteiger partial charge in [0.2, 0.25) is 0 Å². The molecule has 0 atom stereocenters. The third-order valence-electron chi connectivity index (χ3n) is 3.14. The molecule has 0 N–H and O–H groups in total. The van der Waals surface area contributed by atoms with Gasteiger partial charge in [-0.25, -0.2) is 0 Å². The molecule has 0 aliphatic carbocycles. The largest absolute Gasteiger partial charge is 0.310 e.